The molecule has 4 rings (SSSR count). The van der Waals surface area contributed by atoms with Gasteiger partial charge in [0, 0.05) is 12.0 Å². The number of fused-ring (bicyclic) bond motifs is 1. The Bertz CT molecular complexity index is 1090. The highest BCUT2D eigenvalue weighted by Crippen LogP contribution is 2.41. The molecule has 1 amide bonds. The van der Waals surface area contributed by atoms with Crippen LogP contribution < -0.4 is 9.64 Å². The predicted molar refractivity (Wildman–Crippen MR) is 127 cm³/mol. The molecule has 0 radical (unpaired) electrons. The molecule has 0 heterocycles. The summed E-state index contributed by atoms with van der Waals surface area (Å²) >= 11 is 0. The van der Waals surface area contributed by atoms with Crippen molar-refractivity contribution in [1.29, 1.82) is 0 Å². The van der Waals surface area contributed by atoms with Crippen LogP contribution >= 0.6 is 0 Å². The first kappa shape index (κ1) is 23.3. The SMILES string of the molecule is O=C(O)COc1cccc2c1CCCC2(O)CCOC(=O)N(c1ccccc1)c1ccccc1. The molecule has 0 saturated heterocycles. The topological polar surface area (TPSA) is 96.3 Å². The molecule has 1 unspecified atom stereocenters. The van der Waals surface area contributed by atoms with Crippen LogP contribution in [0.15, 0.2) is 78.9 Å². The van der Waals surface area contributed by atoms with Gasteiger partial charge in [0.05, 0.1) is 23.6 Å². The number of carbonyl (C=O) groups excluding carboxylic acids is 1. The molecule has 1 aliphatic rings. The van der Waals surface area contributed by atoms with Gasteiger partial charge in [0.2, 0.25) is 0 Å². The molecule has 2 N–H and O–H groups in total. The summed E-state index contributed by atoms with van der Waals surface area (Å²) in [6, 6.07) is 23.8. The molecule has 0 spiro atoms. The maximum atomic E-state index is 13.1. The van der Waals surface area contributed by atoms with Crippen LogP contribution in [0, 0.1) is 0 Å². The molecule has 0 aromatic heterocycles. The van der Waals surface area contributed by atoms with E-state index in [1.54, 1.807) is 12.1 Å². The number of ether oxygens (including phenoxy) is 2. The van der Waals surface area contributed by atoms with Crippen LogP contribution in [0.1, 0.15) is 30.4 Å². The average molecular weight is 462 g/mol. The summed E-state index contributed by atoms with van der Waals surface area (Å²) in [5.74, 6) is -0.591. The van der Waals surface area contributed by atoms with Gasteiger partial charge >= 0.3 is 12.1 Å². The van der Waals surface area contributed by atoms with Gasteiger partial charge in [0.25, 0.3) is 0 Å². The van der Waals surface area contributed by atoms with Crippen LogP contribution in [0.25, 0.3) is 0 Å². The Morgan fingerprint density at radius 2 is 1.56 bits per heavy atom. The van der Waals surface area contributed by atoms with E-state index in [-0.39, 0.29) is 13.0 Å². The maximum absolute atomic E-state index is 13.1. The smallest absolute Gasteiger partial charge is 0.418 e. The van der Waals surface area contributed by atoms with E-state index in [0.29, 0.717) is 42.0 Å². The predicted octanol–water partition coefficient (Wildman–Crippen LogP) is 5.04. The molecule has 1 atom stereocenters. The lowest BCUT2D eigenvalue weighted by Crippen LogP contribution is -2.34. The molecule has 7 nitrogen and oxygen atoms in total. The first-order valence-electron chi connectivity index (χ1n) is 11.2. The number of carboxylic acids is 1. The standard InChI is InChI=1S/C27H27NO6/c29-25(30)19-34-24-15-7-14-23-22(24)13-8-16-27(23,32)17-18-33-26(31)28(20-9-3-1-4-10-20)21-11-5-2-6-12-21/h1-7,9-12,14-15,32H,8,13,16-19H2,(H,29,30). The van der Waals surface area contributed by atoms with E-state index in [2.05, 4.69) is 0 Å². The number of amides is 1. The summed E-state index contributed by atoms with van der Waals surface area (Å²) in [6.07, 6.45) is 1.59. The van der Waals surface area contributed by atoms with E-state index in [0.717, 1.165) is 5.56 Å². The van der Waals surface area contributed by atoms with Crippen LogP contribution in [-0.4, -0.2) is 35.5 Å². The Morgan fingerprint density at radius 1 is 0.912 bits per heavy atom. The van der Waals surface area contributed by atoms with E-state index in [1.165, 1.54) is 4.90 Å². The summed E-state index contributed by atoms with van der Waals surface area (Å²) in [6.45, 7) is -0.424. The van der Waals surface area contributed by atoms with Crippen molar-refractivity contribution in [1.82, 2.24) is 0 Å². The number of carbonyl (C=O) groups is 2. The fourth-order valence-electron chi connectivity index (χ4n) is 4.37. The Hall–Kier alpha value is -3.84. The van der Waals surface area contributed by atoms with Crippen molar-refractivity contribution in [2.45, 2.75) is 31.3 Å². The molecule has 0 fully saturated rings. The molecular weight excluding hydrogens is 434 g/mol. The van der Waals surface area contributed by atoms with Crippen molar-refractivity contribution in [2.24, 2.45) is 0 Å². The van der Waals surface area contributed by atoms with E-state index >= 15 is 0 Å². The molecule has 0 aliphatic heterocycles. The summed E-state index contributed by atoms with van der Waals surface area (Å²) in [5.41, 5.74) is 1.67. The van der Waals surface area contributed by atoms with Gasteiger partial charge in [-0.2, -0.15) is 0 Å². The molecule has 1 aliphatic carbocycles. The highest BCUT2D eigenvalue weighted by atomic mass is 16.6. The fourth-order valence-corrected chi connectivity index (χ4v) is 4.37. The van der Waals surface area contributed by atoms with E-state index in [1.807, 2.05) is 66.7 Å². The molecule has 34 heavy (non-hydrogen) atoms. The Labute approximate surface area is 198 Å². The largest absolute Gasteiger partial charge is 0.482 e. The third-order valence-electron chi connectivity index (χ3n) is 5.96. The number of anilines is 2. The second-order valence-electron chi connectivity index (χ2n) is 8.22. The number of aliphatic hydroxyl groups is 1. The summed E-state index contributed by atoms with van der Waals surface area (Å²) in [5, 5.41) is 20.4. The summed E-state index contributed by atoms with van der Waals surface area (Å²) in [7, 11) is 0. The lowest BCUT2D eigenvalue weighted by atomic mass is 9.77. The third-order valence-corrected chi connectivity index (χ3v) is 5.96. The van der Waals surface area contributed by atoms with Crippen molar-refractivity contribution in [3.05, 3.63) is 90.0 Å². The number of nitrogens with zero attached hydrogens (tertiary/aromatic N) is 1. The molecular formula is C27H27NO6. The Kier molecular flexibility index (Phi) is 7.13. The zero-order valence-electron chi connectivity index (χ0n) is 18.7. The van der Waals surface area contributed by atoms with Crippen molar-refractivity contribution < 1.29 is 29.3 Å². The van der Waals surface area contributed by atoms with Gasteiger partial charge < -0.3 is 19.7 Å². The second kappa shape index (κ2) is 10.4. The van der Waals surface area contributed by atoms with Gasteiger partial charge in [-0.25, -0.2) is 14.5 Å². The maximum Gasteiger partial charge on any atom is 0.418 e. The lowest BCUT2D eigenvalue weighted by molar-refractivity contribution is -0.139. The highest BCUT2D eigenvalue weighted by molar-refractivity contribution is 5.95. The normalized spacial score (nSPS) is 16.9. The van der Waals surface area contributed by atoms with Gasteiger partial charge in [-0.1, -0.05) is 48.5 Å². The van der Waals surface area contributed by atoms with Crippen molar-refractivity contribution in [3.8, 4) is 5.75 Å². The number of hydrogen-bond acceptors (Lipinski definition) is 5. The van der Waals surface area contributed by atoms with Gasteiger partial charge in [-0.15, -0.1) is 0 Å². The van der Waals surface area contributed by atoms with Gasteiger partial charge in [0.1, 0.15) is 5.75 Å². The first-order chi connectivity index (χ1) is 16.5. The molecule has 7 heteroatoms. The Balaban J connectivity index is 1.48. The van der Waals surface area contributed by atoms with E-state index in [9.17, 15) is 14.7 Å². The van der Waals surface area contributed by atoms with Gasteiger partial charge in [-0.05, 0) is 55.2 Å². The minimum absolute atomic E-state index is 0.0190. The van der Waals surface area contributed by atoms with Crippen LogP contribution in [0.2, 0.25) is 0 Å². The van der Waals surface area contributed by atoms with Crippen molar-refractivity contribution in [3.63, 3.8) is 0 Å². The van der Waals surface area contributed by atoms with Crippen LogP contribution in [0.5, 0.6) is 5.75 Å². The number of hydrogen-bond donors (Lipinski definition) is 2. The summed E-state index contributed by atoms with van der Waals surface area (Å²) < 4.78 is 11.1. The molecule has 3 aromatic rings. The van der Waals surface area contributed by atoms with Crippen LogP contribution in [0.3, 0.4) is 0 Å². The Morgan fingerprint density at radius 3 is 2.18 bits per heavy atom. The number of rotatable bonds is 8. The second-order valence-corrected chi connectivity index (χ2v) is 8.22. The molecule has 3 aromatic carbocycles. The van der Waals surface area contributed by atoms with E-state index in [4.69, 9.17) is 14.6 Å². The van der Waals surface area contributed by atoms with E-state index < -0.39 is 24.3 Å². The zero-order valence-corrected chi connectivity index (χ0v) is 18.7. The minimum Gasteiger partial charge on any atom is -0.482 e. The lowest BCUT2D eigenvalue weighted by Gasteiger charge is -2.35. The minimum atomic E-state index is -1.19. The highest BCUT2D eigenvalue weighted by Gasteiger charge is 2.36. The van der Waals surface area contributed by atoms with Gasteiger partial charge in [-0.3, -0.25) is 0 Å². The third kappa shape index (κ3) is 5.21. The number of para-hydroxylation sites is 2. The summed E-state index contributed by atoms with van der Waals surface area (Å²) in [4.78, 5) is 25.5. The fraction of sp³-hybridized carbons (Fsp3) is 0.259. The number of aliphatic carboxylic acids is 1. The molecule has 0 saturated carbocycles. The van der Waals surface area contributed by atoms with Crippen molar-refractivity contribution >= 4 is 23.4 Å². The zero-order chi connectivity index (χ0) is 24.0. The quantitative estimate of drug-likeness (QED) is 0.488. The first-order valence-corrected chi connectivity index (χ1v) is 11.2. The van der Waals surface area contributed by atoms with Crippen LogP contribution in [-0.2, 0) is 21.6 Å². The number of benzene rings is 3. The van der Waals surface area contributed by atoms with Gasteiger partial charge in [0.15, 0.2) is 6.61 Å². The average Bonchev–Trinajstić information content (AvgIpc) is 2.84. The molecule has 176 valence electrons. The van der Waals surface area contributed by atoms with Crippen molar-refractivity contribution in [2.75, 3.05) is 18.1 Å². The molecule has 0 bridgehead atoms. The monoisotopic (exact) mass is 461 g/mol. The van der Waals surface area contributed by atoms with Crippen LogP contribution in [0.4, 0.5) is 16.2 Å². The number of carboxylic acid groups (broad SMARTS) is 1.